The number of nitrogens with zero attached hydrogens (tertiary/aromatic N) is 6. The standard InChI is InChI=1S/C16H14F3N7/c1-10-6-22-15-23-7-11(9-25(10)15)12-2-5-26-13(12)8-21-14(24-26)20-4-3-16(17,18)19/h2,5-9H,3-4H2,1H3,(H,20,24). The normalized spacial score (nSPS) is 12.2. The average Bonchev–Trinajstić information content (AvgIpc) is 3.17. The lowest BCUT2D eigenvalue weighted by Gasteiger charge is -2.08. The fraction of sp³-hybridized carbons (Fsp3) is 0.250. The van der Waals surface area contributed by atoms with Gasteiger partial charge in [0, 0.05) is 42.0 Å². The predicted octanol–water partition coefficient (Wildman–Crippen LogP) is 3.11. The molecule has 0 aliphatic heterocycles. The lowest BCUT2D eigenvalue weighted by molar-refractivity contribution is -0.131. The maximum atomic E-state index is 12.2. The highest BCUT2D eigenvalue weighted by molar-refractivity contribution is 5.79. The number of hydrogen-bond donors (Lipinski definition) is 1. The van der Waals surface area contributed by atoms with E-state index in [-0.39, 0.29) is 12.5 Å². The molecule has 0 aliphatic carbocycles. The molecule has 0 bridgehead atoms. The predicted molar refractivity (Wildman–Crippen MR) is 88.9 cm³/mol. The Labute approximate surface area is 145 Å². The largest absolute Gasteiger partial charge is 0.390 e. The van der Waals surface area contributed by atoms with Gasteiger partial charge in [-0.1, -0.05) is 0 Å². The van der Waals surface area contributed by atoms with Crippen molar-refractivity contribution < 1.29 is 13.2 Å². The van der Waals surface area contributed by atoms with Crippen LogP contribution in [0.3, 0.4) is 0 Å². The molecule has 134 valence electrons. The number of halogens is 3. The molecule has 4 rings (SSSR count). The summed E-state index contributed by atoms with van der Waals surface area (Å²) in [4.78, 5) is 12.6. The molecule has 0 radical (unpaired) electrons. The maximum Gasteiger partial charge on any atom is 0.390 e. The van der Waals surface area contributed by atoms with E-state index < -0.39 is 12.6 Å². The number of imidazole rings is 1. The van der Waals surface area contributed by atoms with Crippen LogP contribution in [0, 0.1) is 6.92 Å². The zero-order valence-electron chi connectivity index (χ0n) is 13.7. The molecule has 0 saturated carbocycles. The number of aryl methyl sites for hydroxylation is 1. The van der Waals surface area contributed by atoms with E-state index in [0.29, 0.717) is 5.78 Å². The topological polar surface area (TPSA) is 72.4 Å². The Kier molecular flexibility index (Phi) is 3.74. The minimum atomic E-state index is -4.21. The van der Waals surface area contributed by atoms with Crippen molar-refractivity contribution in [2.45, 2.75) is 19.5 Å². The number of hydrogen-bond acceptors (Lipinski definition) is 5. The first-order valence-electron chi connectivity index (χ1n) is 7.86. The summed E-state index contributed by atoms with van der Waals surface area (Å²) in [6.07, 6.45) is 3.53. The van der Waals surface area contributed by atoms with E-state index >= 15 is 0 Å². The van der Waals surface area contributed by atoms with Gasteiger partial charge in [-0.2, -0.15) is 13.2 Å². The summed E-state index contributed by atoms with van der Waals surface area (Å²) in [5, 5.41) is 6.78. The number of rotatable bonds is 4. The lowest BCUT2D eigenvalue weighted by Crippen LogP contribution is -2.16. The van der Waals surface area contributed by atoms with Gasteiger partial charge in [-0.25, -0.2) is 19.5 Å². The maximum absolute atomic E-state index is 12.2. The van der Waals surface area contributed by atoms with Crippen LogP contribution in [-0.4, -0.2) is 41.7 Å². The van der Waals surface area contributed by atoms with Crippen LogP contribution in [0.1, 0.15) is 12.1 Å². The van der Waals surface area contributed by atoms with E-state index in [2.05, 4.69) is 25.4 Å². The van der Waals surface area contributed by atoms with Crippen LogP contribution < -0.4 is 5.32 Å². The van der Waals surface area contributed by atoms with Crippen LogP contribution in [0.25, 0.3) is 22.4 Å². The van der Waals surface area contributed by atoms with E-state index in [1.807, 2.05) is 23.6 Å². The van der Waals surface area contributed by atoms with Crippen molar-refractivity contribution in [1.82, 2.24) is 29.0 Å². The van der Waals surface area contributed by atoms with Gasteiger partial charge in [-0.15, -0.1) is 5.10 Å². The summed E-state index contributed by atoms with van der Waals surface area (Å²) in [7, 11) is 0. The Balaban J connectivity index is 1.63. The van der Waals surface area contributed by atoms with Gasteiger partial charge in [0.25, 0.3) is 0 Å². The monoisotopic (exact) mass is 361 g/mol. The molecule has 0 saturated heterocycles. The third kappa shape index (κ3) is 3.05. The van der Waals surface area contributed by atoms with E-state index in [4.69, 9.17) is 0 Å². The second-order valence-electron chi connectivity index (χ2n) is 5.85. The van der Waals surface area contributed by atoms with Gasteiger partial charge in [0.15, 0.2) is 0 Å². The van der Waals surface area contributed by atoms with Crippen LogP contribution in [0.5, 0.6) is 0 Å². The molecule has 26 heavy (non-hydrogen) atoms. The number of aromatic nitrogens is 6. The first kappa shape index (κ1) is 16.3. The number of nitrogens with one attached hydrogen (secondary N) is 1. The highest BCUT2D eigenvalue weighted by Gasteiger charge is 2.26. The Bertz CT molecular complexity index is 1080. The molecule has 10 heteroatoms. The van der Waals surface area contributed by atoms with Crippen molar-refractivity contribution in [3.63, 3.8) is 0 Å². The van der Waals surface area contributed by atoms with Crippen molar-refractivity contribution in [2.75, 3.05) is 11.9 Å². The molecule has 7 nitrogen and oxygen atoms in total. The van der Waals surface area contributed by atoms with Gasteiger partial charge >= 0.3 is 6.18 Å². The van der Waals surface area contributed by atoms with E-state index in [9.17, 15) is 13.2 Å². The summed E-state index contributed by atoms with van der Waals surface area (Å²) < 4.78 is 40.1. The quantitative estimate of drug-likeness (QED) is 0.605. The molecule has 1 N–H and O–H groups in total. The first-order chi connectivity index (χ1) is 12.4. The zero-order chi connectivity index (χ0) is 18.3. The van der Waals surface area contributed by atoms with Crippen molar-refractivity contribution in [1.29, 1.82) is 0 Å². The molecule has 4 aromatic heterocycles. The summed E-state index contributed by atoms with van der Waals surface area (Å²) in [6.45, 7) is 1.66. The van der Waals surface area contributed by atoms with Crippen LogP contribution in [0.2, 0.25) is 0 Å². The van der Waals surface area contributed by atoms with E-state index in [1.54, 1.807) is 29.3 Å². The van der Waals surface area contributed by atoms with Gasteiger partial charge in [0.2, 0.25) is 11.7 Å². The molecule has 4 heterocycles. The number of anilines is 1. The molecule has 0 amide bonds. The van der Waals surface area contributed by atoms with Crippen molar-refractivity contribution in [2.24, 2.45) is 0 Å². The molecule has 0 unspecified atom stereocenters. The number of alkyl halides is 3. The highest BCUT2D eigenvalue weighted by atomic mass is 19.4. The van der Waals surface area contributed by atoms with Crippen molar-refractivity contribution in [3.8, 4) is 11.1 Å². The fourth-order valence-electron chi connectivity index (χ4n) is 2.67. The van der Waals surface area contributed by atoms with Gasteiger partial charge in [-0.3, -0.25) is 4.40 Å². The minimum Gasteiger partial charge on any atom is -0.353 e. The summed E-state index contributed by atoms with van der Waals surface area (Å²) in [6, 6.07) is 1.86. The lowest BCUT2D eigenvalue weighted by atomic mass is 10.1. The second-order valence-corrected chi connectivity index (χ2v) is 5.85. The average molecular weight is 361 g/mol. The highest BCUT2D eigenvalue weighted by Crippen LogP contribution is 2.25. The Hall–Kier alpha value is -3.17. The summed E-state index contributed by atoms with van der Waals surface area (Å²) >= 11 is 0. The zero-order valence-corrected chi connectivity index (χ0v) is 13.7. The molecule has 0 fully saturated rings. The molecule has 0 spiro atoms. The van der Waals surface area contributed by atoms with E-state index in [0.717, 1.165) is 22.3 Å². The molecular weight excluding hydrogens is 347 g/mol. The molecule has 4 aromatic rings. The van der Waals surface area contributed by atoms with Crippen LogP contribution in [0.15, 0.2) is 37.1 Å². The molecule has 0 aromatic carbocycles. The molecule has 0 atom stereocenters. The van der Waals surface area contributed by atoms with Crippen molar-refractivity contribution >= 4 is 17.2 Å². The van der Waals surface area contributed by atoms with Gasteiger partial charge in [0.1, 0.15) is 0 Å². The fourth-order valence-corrected chi connectivity index (χ4v) is 2.67. The van der Waals surface area contributed by atoms with Gasteiger partial charge in [0.05, 0.1) is 24.3 Å². The number of fused-ring (bicyclic) bond motifs is 2. The Morgan fingerprint density at radius 3 is 2.73 bits per heavy atom. The van der Waals surface area contributed by atoms with E-state index in [1.165, 1.54) is 0 Å². The Morgan fingerprint density at radius 2 is 1.92 bits per heavy atom. The smallest absolute Gasteiger partial charge is 0.353 e. The van der Waals surface area contributed by atoms with Crippen LogP contribution in [-0.2, 0) is 0 Å². The van der Waals surface area contributed by atoms with Gasteiger partial charge < -0.3 is 5.32 Å². The second kappa shape index (κ2) is 5.97. The minimum absolute atomic E-state index is 0.142. The van der Waals surface area contributed by atoms with Crippen molar-refractivity contribution in [3.05, 3.63) is 42.7 Å². The summed E-state index contributed by atoms with van der Waals surface area (Å²) in [5.41, 5.74) is 3.42. The Morgan fingerprint density at radius 1 is 1.12 bits per heavy atom. The molecular formula is C16H14F3N7. The van der Waals surface area contributed by atoms with Crippen LogP contribution in [0.4, 0.5) is 19.1 Å². The van der Waals surface area contributed by atoms with Gasteiger partial charge in [-0.05, 0) is 13.0 Å². The molecule has 0 aliphatic rings. The summed E-state index contributed by atoms with van der Waals surface area (Å²) in [5.74, 6) is 0.755. The first-order valence-corrected chi connectivity index (χ1v) is 7.86. The van der Waals surface area contributed by atoms with Crippen LogP contribution >= 0.6 is 0 Å². The third-order valence-electron chi connectivity index (χ3n) is 3.97. The third-order valence-corrected chi connectivity index (χ3v) is 3.97. The SMILES string of the molecule is Cc1cnc2ncc(-c3ccn4nc(NCCC(F)(F)F)ncc34)cn12.